The molecule has 0 aromatic heterocycles. The van der Waals surface area contributed by atoms with Crippen molar-refractivity contribution >= 4 is 0 Å². The molecule has 0 unspecified atom stereocenters. The zero-order valence-corrected chi connectivity index (χ0v) is 11.9. The van der Waals surface area contributed by atoms with E-state index in [-0.39, 0.29) is 0 Å². The summed E-state index contributed by atoms with van der Waals surface area (Å²) in [6.07, 6.45) is 0. The summed E-state index contributed by atoms with van der Waals surface area (Å²) < 4.78 is 0. The van der Waals surface area contributed by atoms with Crippen molar-refractivity contribution in [2.45, 2.75) is 0 Å². The summed E-state index contributed by atoms with van der Waals surface area (Å²) in [5.41, 5.74) is 3.87. The van der Waals surface area contributed by atoms with Crippen molar-refractivity contribution < 1.29 is 9.68 Å². The van der Waals surface area contributed by atoms with Crippen LogP contribution in [0.2, 0.25) is 0 Å². The molecule has 0 bridgehead atoms. The molecule has 4 N–H and O–H groups in total. The molecule has 0 radical (unpaired) electrons. The van der Waals surface area contributed by atoms with Gasteiger partial charge in [0.25, 0.3) is 0 Å². The van der Waals surface area contributed by atoms with Gasteiger partial charge in [0.15, 0.2) is 11.5 Å². The Morgan fingerprint density at radius 3 is 1.73 bits per heavy atom. The predicted octanol–water partition coefficient (Wildman–Crippen LogP) is 3.53. The molecule has 0 saturated carbocycles. The van der Waals surface area contributed by atoms with Crippen LogP contribution in [0.5, 0.6) is 11.5 Å². The lowest BCUT2D eigenvalue weighted by Crippen LogP contribution is -2.09. The van der Waals surface area contributed by atoms with E-state index in [1.165, 1.54) is 0 Å². The van der Waals surface area contributed by atoms with Gasteiger partial charge in [-0.25, -0.2) is 0 Å². The van der Waals surface area contributed by atoms with Crippen molar-refractivity contribution in [2.75, 3.05) is 0 Å². The first kappa shape index (κ1) is 14.1. The maximum absolute atomic E-state index is 5.48. The second kappa shape index (κ2) is 6.30. The molecule has 3 rings (SSSR count). The molecule has 0 aliphatic rings. The van der Waals surface area contributed by atoms with Crippen LogP contribution in [0.3, 0.4) is 0 Å². The van der Waals surface area contributed by atoms with Crippen molar-refractivity contribution in [2.24, 2.45) is 11.8 Å². The van der Waals surface area contributed by atoms with Gasteiger partial charge in [-0.05, 0) is 28.8 Å². The van der Waals surface area contributed by atoms with Gasteiger partial charge in [-0.15, -0.1) is 0 Å². The van der Waals surface area contributed by atoms with Crippen molar-refractivity contribution in [3.8, 4) is 33.8 Å². The molecule has 0 aliphatic heterocycles. The maximum Gasteiger partial charge on any atom is 0.199 e. The molecule has 0 spiro atoms. The van der Waals surface area contributed by atoms with E-state index in [1.807, 2.05) is 66.7 Å². The minimum absolute atomic E-state index is 0.390. The predicted molar refractivity (Wildman–Crippen MR) is 86.9 cm³/mol. The van der Waals surface area contributed by atoms with E-state index in [4.69, 9.17) is 21.5 Å². The smallest absolute Gasteiger partial charge is 0.199 e. The molecule has 3 aromatic rings. The van der Waals surface area contributed by atoms with E-state index in [0.29, 0.717) is 11.5 Å². The third kappa shape index (κ3) is 2.53. The molecule has 4 heteroatoms. The summed E-state index contributed by atoms with van der Waals surface area (Å²) in [5, 5.41) is 0. The largest absolute Gasteiger partial charge is 0.407 e. The second-order valence-electron chi connectivity index (χ2n) is 4.78. The minimum atomic E-state index is 0.390. The van der Waals surface area contributed by atoms with E-state index in [1.54, 1.807) is 6.07 Å². The van der Waals surface area contributed by atoms with Crippen LogP contribution in [0, 0.1) is 0 Å². The van der Waals surface area contributed by atoms with Crippen molar-refractivity contribution in [1.29, 1.82) is 0 Å². The summed E-state index contributed by atoms with van der Waals surface area (Å²) in [7, 11) is 0. The molecule has 0 saturated heterocycles. The summed E-state index contributed by atoms with van der Waals surface area (Å²) in [4.78, 5) is 9.96. The second-order valence-corrected chi connectivity index (χ2v) is 4.78. The standard InChI is InChI=1S/C18H16N2O2/c19-21-16-12-11-15(13-7-3-1-4-8-13)17(18(16)22-20)14-9-5-2-6-10-14/h1-12H,19-20H2. The van der Waals surface area contributed by atoms with Gasteiger partial charge in [-0.1, -0.05) is 60.7 Å². The first-order valence-electron chi connectivity index (χ1n) is 6.86. The monoisotopic (exact) mass is 292 g/mol. The van der Waals surface area contributed by atoms with Gasteiger partial charge < -0.3 is 9.68 Å². The topological polar surface area (TPSA) is 70.5 Å². The zero-order valence-electron chi connectivity index (χ0n) is 11.9. The highest BCUT2D eigenvalue weighted by Gasteiger charge is 2.18. The average molecular weight is 292 g/mol. The van der Waals surface area contributed by atoms with Gasteiger partial charge in [-0.2, -0.15) is 11.8 Å². The van der Waals surface area contributed by atoms with Crippen LogP contribution < -0.4 is 21.5 Å². The fourth-order valence-electron chi connectivity index (χ4n) is 2.52. The highest BCUT2D eigenvalue weighted by molar-refractivity contribution is 5.89. The number of hydrogen-bond acceptors (Lipinski definition) is 4. The van der Waals surface area contributed by atoms with Crippen LogP contribution >= 0.6 is 0 Å². The highest BCUT2D eigenvalue weighted by Crippen LogP contribution is 2.44. The number of benzene rings is 3. The third-order valence-electron chi connectivity index (χ3n) is 3.51. The van der Waals surface area contributed by atoms with Crippen LogP contribution in [0.15, 0.2) is 72.8 Å². The van der Waals surface area contributed by atoms with Gasteiger partial charge in [-0.3, -0.25) is 0 Å². The molecule has 0 aliphatic carbocycles. The highest BCUT2D eigenvalue weighted by atomic mass is 16.7. The molecule has 3 aromatic carbocycles. The van der Waals surface area contributed by atoms with Gasteiger partial charge in [0.05, 0.1) is 0 Å². The van der Waals surface area contributed by atoms with Crippen LogP contribution in [-0.2, 0) is 0 Å². The third-order valence-corrected chi connectivity index (χ3v) is 3.51. The number of nitrogens with two attached hydrogens (primary N) is 2. The lowest BCUT2D eigenvalue weighted by Gasteiger charge is -2.16. The first-order chi connectivity index (χ1) is 10.8. The van der Waals surface area contributed by atoms with E-state index in [9.17, 15) is 0 Å². The number of rotatable bonds is 4. The van der Waals surface area contributed by atoms with E-state index < -0.39 is 0 Å². The van der Waals surface area contributed by atoms with E-state index >= 15 is 0 Å². The molecule has 0 amide bonds. The molecule has 4 nitrogen and oxygen atoms in total. The molecule has 0 fully saturated rings. The molecule has 0 atom stereocenters. The molecule has 22 heavy (non-hydrogen) atoms. The van der Waals surface area contributed by atoms with Crippen molar-refractivity contribution in [3.05, 3.63) is 72.8 Å². The van der Waals surface area contributed by atoms with Gasteiger partial charge >= 0.3 is 0 Å². The zero-order chi connectivity index (χ0) is 15.4. The summed E-state index contributed by atoms with van der Waals surface area (Å²) in [6.45, 7) is 0. The SMILES string of the molecule is NOc1ccc(-c2ccccc2)c(-c2ccccc2)c1ON. The van der Waals surface area contributed by atoms with E-state index in [0.717, 1.165) is 22.3 Å². The van der Waals surface area contributed by atoms with Crippen LogP contribution in [0.1, 0.15) is 0 Å². The van der Waals surface area contributed by atoms with Crippen molar-refractivity contribution in [3.63, 3.8) is 0 Å². The van der Waals surface area contributed by atoms with Gasteiger partial charge in [0.2, 0.25) is 0 Å². The molecule has 110 valence electrons. The Morgan fingerprint density at radius 1 is 0.591 bits per heavy atom. The Hall–Kier alpha value is -2.82. The Balaban J connectivity index is 2.31. The Labute approximate surface area is 128 Å². The lowest BCUT2D eigenvalue weighted by molar-refractivity contribution is 0.282. The quantitative estimate of drug-likeness (QED) is 0.722. The average Bonchev–Trinajstić information content (AvgIpc) is 2.61. The van der Waals surface area contributed by atoms with Crippen LogP contribution in [0.25, 0.3) is 22.3 Å². The van der Waals surface area contributed by atoms with Crippen LogP contribution in [0.4, 0.5) is 0 Å². The van der Waals surface area contributed by atoms with Gasteiger partial charge in [0.1, 0.15) is 0 Å². The van der Waals surface area contributed by atoms with E-state index in [2.05, 4.69) is 0 Å². The Kier molecular flexibility index (Phi) is 4.05. The lowest BCUT2D eigenvalue weighted by atomic mass is 9.93. The fraction of sp³-hybridized carbons (Fsp3) is 0. The Morgan fingerprint density at radius 2 is 1.18 bits per heavy atom. The summed E-state index contributed by atoms with van der Waals surface area (Å²) >= 11 is 0. The normalized spacial score (nSPS) is 10.3. The fourth-order valence-corrected chi connectivity index (χ4v) is 2.52. The Bertz CT molecular complexity index is 759. The maximum atomic E-state index is 5.48. The summed E-state index contributed by atoms with van der Waals surface area (Å²) in [6, 6.07) is 23.6. The molecular weight excluding hydrogens is 276 g/mol. The van der Waals surface area contributed by atoms with Crippen LogP contribution in [-0.4, -0.2) is 0 Å². The van der Waals surface area contributed by atoms with Gasteiger partial charge in [0, 0.05) is 5.56 Å². The number of hydrogen-bond donors (Lipinski definition) is 2. The van der Waals surface area contributed by atoms with Crippen molar-refractivity contribution in [1.82, 2.24) is 0 Å². The molecular formula is C18H16N2O2. The minimum Gasteiger partial charge on any atom is -0.407 e. The first-order valence-corrected chi connectivity index (χ1v) is 6.86. The summed E-state index contributed by atoms with van der Waals surface area (Å²) in [5.74, 6) is 11.6. The molecule has 0 heterocycles.